The summed E-state index contributed by atoms with van der Waals surface area (Å²) in [6.45, 7) is 2.81. The zero-order valence-electron chi connectivity index (χ0n) is 13.4. The molecule has 22 heavy (non-hydrogen) atoms. The lowest BCUT2D eigenvalue weighted by molar-refractivity contribution is -0.133. The van der Waals surface area contributed by atoms with E-state index in [0.717, 1.165) is 38.9 Å². The fourth-order valence-electron chi connectivity index (χ4n) is 3.81. The van der Waals surface area contributed by atoms with Crippen molar-refractivity contribution >= 4 is 5.91 Å². The van der Waals surface area contributed by atoms with Crippen LogP contribution in [0.1, 0.15) is 43.6 Å². The summed E-state index contributed by atoms with van der Waals surface area (Å²) in [6.07, 6.45) is 5.04. The molecule has 1 aromatic carbocycles. The van der Waals surface area contributed by atoms with E-state index in [1.54, 1.807) is 6.07 Å². The standard InChI is InChI=1S/C18H26N2O2/c1-19-9-3-5-16(19)13-18(22)20-10-7-14(8-11-20)15-4-2-6-17(21)12-15/h2,4,6,12,14,16,21H,3,5,7-11,13H2,1H3/t16-/m0/s1. The summed E-state index contributed by atoms with van der Waals surface area (Å²) in [4.78, 5) is 16.8. The molecule has 0 unspecified atom stereocenters. The Hall–Kier alpha value is -1.55. The van der Waals surface area contributed by atoms with E-state index < -0.39 is 0 Å². The highest BCUT2D eigenvalue weighted by atomic mass is 16.3. The largest absolute Gasteiger partial charge is 0.508 e. The number of piperidine rings is 1. The number of hydrogen-bond acceptors (Lipinski definition) is 3. The lowest BCUT2D eigenvalue weighted by Crippen LogP contribution is -2.40. The number of carbonyl (C=O) groups excluding carboxylic acids is 1. The Morgan fingerprint density at radius 3 is 2.64 bits per heavy atom. The summed E-state index contributed by atoms with van der Waals surface area (Å²) in [5.41, 5.74) is 1.20. The predicted molar refractivity (Wildman–Crippen MR) is 86.9 cm³/mol. The fraction of sp³-hybridized carbons (Fsp3) is 0.611. The average Bonchev–Trinajstić information content (AvgIpc) is 2.92. The van der Waals surface area contributed by atoms with Gasteiger partial charge in [0, 0.05) is 25.6 Å². The molecule has 0 saturated carbocycles. The van der Waals surface area contributed by atoms with Crippen molar-refractivity contribution < 1.29 is 9.90 Å². The van der Waals surface area contributed by atoms with Gasteiger partial charge in [0.2, 0.25) is 5.91 Å². The van der Waals surface area contributed by atoms with E-state index in [1.165, 1.54) is 12.0 Å². The maximum Gasteiger partial charge on any atom is 0.224 e. The van der Waals surface area contributed by atoms with Gasteiger partial charge in [-0.3, -0.25) is 4.79 Å². The summed E-state index contributed by atoms with van der Waals surface area (Å²) in [6, 6.07) is 7.99. The van der Waals surface area contributed by atoms with Crippen LogP contribution in [0.2, 0.25) is 0 Å². The number of likely N-dealkylation sites (tertiary alicyclic amines) is 2. The fourth-order valence-corrected chi connectivity index (χ4v) is 3.81. The van der Waals surface area contributed by atoms with Crippen LogP contribution in [0.25, 0.3) is 0 Å². The molecule has 0 spiro atoms. The topological polar surface area (TPSA) is 43.8 Å². The van der Waals surface area contributed by atoms with Crippen molar-refractivity contribution in [1.29, 1.82) is 0 Å². The van der Waals surface area contributed by atoms with E-state index in [9.17, 15) is 9.90 Å². The third kappa shape index (κ3) is 3.43. The van der Waals surface area contributed by atoms with Gasteiger partial charge in [0.15, 0.2) is 0 Å². The Kier molecular flexibility index (Phi) is 4.67. The Morgan fingerprint density at radius 1 is 1.23 bits per heavy atom. The minimum absolute atomic E-state index is 0.313. The maximum atomic E-state index is 12.5. The second kappa shape index (κ2) is 6.69. The lowest BCUT2D eigenvalue weighted by Gasteiger charge is -2.33. The van der Waals surface area contributed by atoms with Crippen LogP contribution in [0.5, 0.6) is 5.75 Å². The first kappa shape index (κ1) is 15.3. The summed E-state index contributed by atoms with van der Waals surface area (Å²) in [5.74, 6) is 1.11. The van der Waals surface area contributed by atoms with Gasteiger partial charge < -0.3 is 14.9 Å². The molecule has 2 aliphatic heterocycles. The minimum Gasteiger partial charge on any atom is -0.508 e. The number of carbonyl (C=O) groups is 1. The van der Waals surface area contributed by atoms with Crippen LogP contribution in [0.3, 0.4) is 0 Å². The summed E-state index contributed by atoms with van der Waals surface area (Å²) >= 11 is 0. The maximum absolute atomic E-state index is 12.5. The highest BCUT2D eigenvalue weighted by Gasteiger charge is 2.28. The van der Waals surface area contributed by atoms with Crippen molar-refractivity contribution in [2.45, 2.75) is 44.1 Å². The molecule has 0 aromatic heterocycles. The predicted octanol–water partition coefficient (Wildman–Crippen LogP) is 2.58. The number of phenols is 1. The SMILES string of the molecule is CN1CCC[C@H]1CC(=O)N1CCC(c2cccc(O)c2)CC1. The van der Waals surface area contributed by atoms with Crippen molar-refractivity contribution in [1.82, 2.24) is 9.80 Å². The average molecular weight is 302 g/mol. The van der Waals surface area contributed by atoms with Gasteiger partial charge >= 0.3 is 0 Å². The number of hydrogen-bond donors (Lipinski definition) is 1. The second-order valence-electron chi connectivity index (χ2n) is 6.73. The van der Waals surface area contributed by atoms with Gasteiger partial charge in [-0.25, -0.2) is 0 Å². The van der Waals surface area contributed by atoms with E-state index >= 15 is 0 Å². The molecule has 1 N–H and O–H groups in total. The first-order valence-electron chi connectivity index (χ1n) is 8.40. The first-order valence-corrected chi connectivity index (χ1v) is 8.40. The highest BCUT2D eigenvalue weighted by Crippen LogP contribution is 2.30. The van der Waals surface area contributed by atoms with Gasteiger partial charge in [-0.05, 0) is 62.9 Å². The van der Waals surface area contributed by atoms with Gasteiger partial charge in [-0.2, -0.15) is 0 Å². The van der Waals surface area contributed by atoms with Crippen LogP contribution in [0.4, 0.5) is 0 Å². The van der Waals surface area contributed by atoms with Crippen LogP contribution in [-0.2, 0) is 4.79 Å². The molecule has 2 fully saturated rings. The third-order valence-corrected chi connectivity index (χ3v) is 5.27. The molecule has 1 amide bonds. The Morgan fingerprint density at radius 2 is 2.00 bits per heavy atom. The molecule has 4 nitrogen and oxygen atoms in total. The van der Waals surface area contributed by atoms with Crippen LogP contribution < -0.4 is 0 Å². The van der Waals surface area contributed by atoms with E-state index in [0.29, 0.717) is 30.0 Å². The number of nitrogens with zero attached hydrogens (tertiary/aromatic N) is 2. The van der Waals surface area contributed by atoms with Crippen LogP contribution >= 0.6 is 0 Å². The van der Waals surface area contributed by atoms with E-state index in [4.69, 9.17) is 0 Å². The lowest BCUT2D eigenvalue weighted by atomic mass is 9.89. The molecule has 1 aromatic rings. The Balaban J connectivity index is 1.52. The summed E-state index contributed by atoms with van der Waals surface area (Å²) in [5, 5.41) is 9.60. The van der Waals surface area contributed by atoms with E-state index in [1.807, 2.05) is 17.0 Å². The molecule has 2 aliphatic rings. The number of phenolic OH excluding ortho intramolecular Hbond substituents is 1. The van der Waals surface area contributed by atoms with Crippen molar-refractivity contribution in [2.24, 2.45) is 0 Å². The highest BCUT2D eigenvalue weighted by molar-refractivity contribution is 5.77. The minimum atomic E-state index is 0.313. The molecule has 4 heteroatoms. The summed E-state index contributed by atoms with van der Waals surface area (Å²) < 4.78 is 0. The van der Waals surface area contributed by atoms with Gasteiger partial charge in [0.05, 0.1) is 0 Å². The summed E-state index contributed by atoms with van der Waals surface area (Å²) in [7, 11) is 2.12. The van der Waals surface area contributed by atoms with Crippen molar-refractivity contribution in [2.75, 3.05) is 26.7 Å². The normalized spacial score (nSPS) is 23.9. The van der Waals surface area contributed by atoms with E-state index in [-0.39, 0.29) is 0 Å². The molecular formula is C18H26N2O2. The van der Waals surface area contributed by atoms with Gasteiger partial charge in [0.1, 0.15) is 5.75 Å². The smallest absolute Gasteiger partial charge is 0.224 e. The third-order valence-electron chi connectivity index (χ3n) is 5.27. The zero-order chi connectivity index (χ0) is 15.5. The number of aromatic hydroxyl groups is 1. The quantitative estimate of drug-likeness (QED) is 0.933. The molecular weight excluding hydrogens is 276 g/mol. The zero-order valence-corrected chi connectivity index (χ0v) is 13.4. The molecule has 3 rings (SSSR count). The van der Waals surface area contributed by atoms with E-state index in [2.05, 4.69) is 18.0 Å². The molecule has 0 aliphatic carbocycles. The van der Waals surface area contributed by atoms with Crippen molar-refractivity contribution in [3.05, 3.63) is 29.8 Å². The van der Waals surface area contributed by atoms with Crippen molar-refractivity contribution in [3.8, 4) is 5.75 Å². The molecule has 120 valence electrons. The molecule has 0 radical (unpaired) electrons. The molecule has 0 bridgehead atoms. The number of amides is 1. The van der Waals surface area contributed by atoms with Gasteiger partial charge in [-0.15, -0.1) is 0 Å². The monoisotopic (exact) mass is 302 g/mol. The number of benzene rings is 1. The Bertz CT molecular complexity index is 524. The molecule has 2 heterocycles. The first-order chi connectivity index (χ1) is 10.6. The van der Waals surface area contributed by atoms with Gasteiger partial charge in [0.25, 0.3) is 0 Å². The van der Waals surface area contributed by atoms with Crippen LogP contribution in [-0.4, -0.2) is 53.5 Å². The number of rotatable bonds is 3. The molecule has 2 saturated heterocycles. The molecule has 1 atom stereocenters. The second-order valence-corrected chi connectivity index (χ2v) is 6.73. The van der Waals surface area contributed by atoms with Crippen LogP contribution in [0.15, 0.2) is 24.3 Å². The Labute approximate surface area is 132 Å². The van der Waals surface area contributed by atoms with Gasteiger partial charge in [-0.1, -0.05) is 12.1 Å². The van der Waals surface area contributed by atoms with Crippen LogP contribution in [0, 0.1) is 0 Å². The van der Waals surface area contributed by atoms with Crippen molar-refractivity contribution in [3.63, 3.8) is 0 Å².